The fourth-order valence-corrected chi connectivity index (χ4v) is 3.31. The quantitative estimate of drug-likeness (QED) is 0.535. The number of amides is 4. The van der Waals surface area contributed by atoms with Crippen molar-refractivity contribution < 1.29 is 28.6 Å². The molecule has 10 heteroatoms. The molecule has 32 heavy (non-hydrogen) atoms. The van der Waals surface area contributed by atoms with Crippen molar-refractivity contribution in [2.75, 3.05) is 25.0 Å². The van der Waals surface area contributed by atoms with E-state index < -0.39 is 35.8 Å². The van der Waals surface area contributed by atoms with Gasteiger partial charge in [0.1, 0.15) is 11.6 Å². The molecule has 1 aliphatic heterocycles. The van der Waals surface area contributed by atoms with Crippen LogP contribution in [0.4, 0.5) is 14.9 Å². The van der Waals surface area contributed by atoms with Gasteiger partial charge in [0.15, 0.2) is 6.61 Å². The highest BCUT2D eigenvalue weighted by molar-refractivity contribution is 5.94. The summed E-state index contributed by atoms with van der Waals surface area (Å²) >= 11 is 0. The summed E-state index contributed by atoms with van der Waals surface area (Å²) in [4.78, 5) is 37.6. The van der Waals surface area contributed by atoms with Gasteiger partial charge in [0, 0.05) is 24.3 Å². The van der Waals surface area contributed by atoms with Gasteiger partial charge < -0.3 is 31.1 Å². The Balaban J connectivity index is 1.61. The third kappa shape index (κ3) is 6.42. The zero-order chi connectivity index (χ0) is 23.1. The van der Waals surface area contributed by atoms with E-state index in [1.807, 2.05) is 0 Å². The van der Waals surface area contributed by atoms with Gasteiger partial charge in [-0.2, -0.15) is 0 Å². The number of nitrogens with two attached hydrogens (primary N) is 1. The van der Waals surface area contributed by atoms with Gasteiger partial charge in [-0.1, -0.05) is 0 Å². The third-order valence-electron chi connectivity index (χ3n) is 5.01. The maximum Gasteiger partial charge on any atom is 0.321 e. The van der Waals surface area contributed by atoms with Crippen LogP contribution in [-0.4, -0.2) is 59.7 Å². The van der Waals surface area contributed by atoms with Gasteiger partial charge in [0.05, 0.1) is 12.1 Å². The topological polar surface area (TPSA) is 134 Å². The second-order valence-electron chi connectivity index (χ2n) is 7.45. The Kier molecular flexibility index (Phi) is 7.61. The molecule has 1 saturated heterocycles. The molecule has 2 atom stereocenters. The molecule has 0 saturated carbocycles. The average Bonchev–Trinajstić information content (AvgIpc) is 2.95. The Morgan fingerprint density at radius 1 is 1.12 bits per heavy atom. The molecular weight excluding hydrogens is 419 g/mol. The summed E-state index contributed by atoms with van der Waals surface area (Å²) in [6.45, 7) is 0.248. The molecule has 1 fully saturated rings. The number of hydrogen-bond acceptors (Lipinski definition) is 5. The molecule has 170 valence electrons. The molecule has 0 aliphatic carbocycles. The molecule has 0 spiro atoms. The summed E-state index contributed by atoms with van der Waals surface area (Å²) in [5.74, 6) is -1.05. The Bertz CT molecular complexity index is 952. The molecule has 1 aliphatic rings. The van der Waals surface area contributed by atoms with Crippen molar-refractivity contribution in [1.29, 1.82) is 0 Å². The number of hydrogen-bond donors (Lipinski definition) is 4. The lowest BCUT2D eigenvalue weighted by atomic mass is 10.1. The minimum Gasteiger partial charge on any atom is -0.484 e. The maximum atomic E-state index is 13.1. The molecule has 2 aromatic rings. The number of ether oxygens (including phenoxy) is 1. The van der Waals surface area contributed by atoms with E-state index in [0.717, 1.165) is 0 Å². The molecule has 0 aromatic heterocycles. The second kappa shape index (κ2) is 10.6. The normalized spacial score (nSPS) is 18.4. The highest BCUT2D eigenvalue weighted by atomic mass is 19.1. The summed E-state index contributed by atoms with van der Waals surface area (Å²) in [5.41, 5.74) is 5.80. The van der Waals surface area contributed by atoms with E-state index in [4.69, 9.17) is 10.5 Å². The fraction of sp³-hybridized carbons (Fsp3) is 0.318. The minimum absolute atomic E-state index is 0.111. The first kappa shape index (κ1) is 23.0. The molecule has 4 amide bonds. The van der Waals surface area contributed by atoms with Crippen LogP contribution in [0.3, 0.4) is 0 Å². The Morgan fingerprint density at radius 3 is 2.47 bits per heavy atom. The lowest BCUT2D eigenvalue weighted by molar-refractivity contribution is -0.119. The van der Waals surface area contributed by atoms with Gasteiger partial charge in [0.2, 0.25) is 0 Å². The van der Waals surface area contributed by atoms with Crippen LogP contribution in [0.15, 0.2) is 48.5 Å². The number of benzene rings is 2. The first-order chi connectivity index (χ1) is 15.3. The van der Waals surface area contributed by atoms with E-state index >= 15 is 0 Å². The highest BCUT2D eigenvalue weighted by Crippen LogP contribution is 2.16. The van der Waals surface area contributed by atoms with Crippen molar-refractivity contribution in [3.05, 3.63) is 59.9 Å². The molecule has 1 heterocycles. The number of rotatable bonds is 6. The van der Waals surface area contributed by atoms with Gasteiger partial charge in [-0.05, 0) is 61.4 Å². The number of likely N-dealkylation sites (tertiary alicyclic amines) is 1. The minimum atomic E-state index is -0.819. The van der Waals surface area contributed by atoms with Crippen LogP contribution in [-0.2, 0) is 4.79 Å². The smallest absolute Gasteiger partial charge is 0.321 e. The van der Waals surface area contributed by atoms with Crippen molar-refractivity contribution in [2.24, 2.45) is 5.73 Å². The maximum absolute atomic E-state index is 13.1. The molecular formula is C22H25FN4O5. The zero-order valence-electron chi connectivity index (χ0n) is 17.3. The predicted molar refractivity (Wildman–Crippen MR) is 115 cm³/mol. The van der Waals surface area contributed by atoms with Gasteiger partial charge in [-0.15, -0.1) is 0 Å². The van der Waals surface area contributed by atoms with E-state index in [-0.39, 0.29) is 13.2 Å². The SMILES string of the molecule is NC(=O)COc1ccc(C(=O)N[C@@H]2CN(C(=O)Nc3ccc(F)cc3)CCC[C@H]2O)cc1. The molecule has 0 radical (unpaired) electrons. The van der Waals surface area contributed by atoms with Crippen LogP contribution in [0.1, 0.15) is 23.2 Å². The molecule has 3 rings (SSSR count). The summed E-state index contributed by atoms with van der Waals surface area (Å²) in [6.07, 6.45) is 0.169. The summed E-state index contributed by atoms with van der Waals surface area (Å²) < 4.78 is 18.2. The van der Waals surface area contributed by atoms with E-state index in [2.05, 4.69) is 10.6 Å². The number of urea groups is 1. The van der Waals surface area contributed by atoms with E-state index in [1.54, 1.807) is 0 Å². The van der Waals surface area contributed by atoms with Gasteiger partial charge in [-0.25, -0.2) is 9.18 Å². The number of aliphatic hydroxyl groups is 1. The first-order valence-corrected chi connectivity index (χ1v) is 10.1. The van der Waals surface area contributed by atoms with Crippen LogP contribution < -0.4 is 21.1 Å². The van der Waals surface area contributed by atoms with Crippen molar-refractivity contribution in [2.45, 2.75) is 25.0 Å². The van der Waals surface area contributed by atoms with Crippen LogP contribution in [0.25, 0.3) is 0 Å². The molecule has 5 N–H and O–H groups in total. The lowest BCUT2D eigenvalue weighted by Gasteiger charge is -2.27. The number of carbonyl (C=O) groups excluding carboxylic acids is 3. The summed E-state index contributed by atoms with van der Waals surface area (Å²) in [7, 11) is 0. The molecule has 0 bridgehead atoms. The number of primary amides is 1. The number of aliphatic hydroxyl groups excluding tert-OH is 1. The predicted octanol–water partition coefficient (Wildman–Crippen LogP) is 1.48. The molecule has 0 unspecified atom stereocenters. The number of carbonyl (C=O) groups is 3. The van der Waals surface area contributed by atoms with Gasteiger partial charge in [-0.3, -0.25) is 9.59 Å². The zero-order valence-corrected chi connectivity index (χ0v) is 17.3. The van der Waals surface area contributed by atoms with E-state index in [0.29, 0.717) is 36.4 Å². The van der Waals surface area contributed by atoms with Crippen LogP contribution in [0, 0.1) is 5.82 Å². The van der Waals surface area contributed by atoms with Crippen molar-refractivity contribution in [1.82, 2.24) is 10.2 Å². The monoisotopic (exact) mass is 444 g/mol. The van der Waals surface area contributed by atoms with Crippen LogP contribution >= 0.6 is 0 Å². The van der Waals surface area contributed by atoms with E-state index in [9.17, 15) is 23.9 Å². The van der Waals surface area contributed by atoms with Crippen molar-refractivity contribution >= 4 is 23.5 Å². The highest BCUT2D eigenvalue weighted by Gasteiger charge is 2.29. The summed E-state index contributed by atoms with van der Waals surface area (Å²) in [6, 6.07) is 10.4. The fourth-order valence-electron chi connectivity index (χ4n) is 3.31. The first-order valence-electron chi connectivity index (χ1n) is 10.1. The number of nitrogens with one attached hydrogen (secondary N) is 2. The number of anilines is 1. The second-order valence-corrected chi connectivity index (χ2v) is 7.45. The van der Waals surface area contributed by atoms with Crippen LogP contribution in [0.5, 0.6) is 5.75 Å². The van der Waals surface area contributed by atoms with Gasteiger partial charge in [0.25, 0.3) is 11.8 Å². The van der Waals surface area contributed by atoms with Gasteiger partial charge >= 0.3 is 6.03 Å². The van der Waals surface area contributed by atoms with Crippen molar-refractivity contribution in [3.8, 4) is 5.75 Å². The summed E-state index contributed by atoms with van der Waals surface area (Å²) in [5, 5.41) is 15.9. The average molecular weight is 444 g/mol. The number of nitrogens with zero attached hydrogens (tertiary/aromatic N) is 1. The number of halogens is 1. The Hall–Kier alpha value is -3.66. The van der Waals surface area contributed by atoms with Crippen LogP contribution in [0.2, 0.25) is 0 Å². The standard InChI is InChI=1S/C22H25FN4O5/c23-15-5-7-16(8-6-15)25-22(31)27-11-1-2-19(28)18(12-27)26-21(30)14-3-9-17(10-4-14)32-13-20(24)29/h3-10,18-19,28H,1-2,11-13H2,(H2,24,29)(H,25,31)(H,26,30)/t18-,19-/m1/s1. The molecule has 9 nitrogen and oxygen atoms in total. The third-order valence-corrected chi connectivity index (χ3v) is 5.01. The van der Waals surface area contributed by atoms with E-state index in [1.165, 1.54) is 53.4 Å². The lowest BCUT2D eigenvalue weighted by Crippen LogP contribution is -2.50. The Morgan fingerprint density at radius 2 is 1.81 bits per heavy atom. The Labute approximate surface area is 184 Å². The van der Waals surface area contributed by atoms with Crippen molar-refractivity contribution in [3.63, 3.8) is 0 Å². The molecule has 2 aromatic carbocycles. The largest absolute Gasteiger partial charge is 0.484 e.